The van der Waals surface area contributed by atoms with Crippen molar-refractivity contribution in [2.45, 2.75) is 19.8 Å². The number of hydrogen-bond donors (Lipinski definition) is 1. The third kappa shape index (κ3) is 3.93. The van der Waals surface area contributed by atoms with E-state index in [-0.39, 0.29) is 5.91 Å². The number of ether oxygens (including phenoxy) is 1. The SMILES string of the molecule is CCCCOc1ccc(-c2[nH]ncc2C(=O)N2CCSCC2)cc1. The molecule has 0 atom stereocenters. The van der Waals surface area contributed by atoms with Crippen molar-refractivity contribution in [1.29, 1.82) is 0 Å². The van der Waals surface area contributed by atoms with Crippen molar-refractivity contribution in [3.63, 3.8) is 0 Å². The number of carbonyl (C=O) groups excluding carboxylic acids is 1. The first-order valence-corrected chi connectivity index (χ1v) is 9.58. The number of thioether (sulfide) groups is 1. The van der Waals surface area contributed by atoms with Crippen LogP contribution in [0.25, 0.3) is 11.3 Å². The molecule has 1 aromatic carbocycles. The number of aromatic amines is 1. The minimum atomic E-state index is 0.0577. The average Bonchev–Trinajstić information content (AvgIpc) is 3.12. The van der Waals surface area contributed by atoms with Gasteiger partial charge in [-0.25, -0.2) is 0 Å². The summed E-state index contributed by atoms with van der Waals surface area (Å²) in [4.78, 5) is 14.6. The van der Waals surface area contributed by atoms with Gasteiger partial charge >= 0.3 is 0 Å². The lowest BCUT2D eigenvalue weighted by atomic mass is 10.1. The van der Waals surface area contributed by atoms with Crippen molar-refractivity contribution in [1.82, 2.24) is 15.1 Å². The molecule has 0 aliphatic carbocycles. The number of hydrogen-bond acceptors (Lipinski definition) is 4. The van der Waals surface area contributed by atoms with Crippen LogP contribution in [-0.4, -0.2) is 52.2 Å². The molecule has 0 spiro atoms. The van der Waals surface area contributed by atoms with E-state index in [0.29, 0.717) is 5.56 Å². The standard InChI is InChI=1S/C18H23N3O2S/c1-2-3-10-23-15-6-4-14(5-7-15)17-16(13-19-20-17)18(22)21-8-11-24-12-9-21/h4-7,13H,2-3,8-12H2,1H3,(H,19,20). The van der Waals surface area contributed by atoms with Crippen molar-refractivity contribution in [2.24, 2.45) is 0 Å². The Bertz CT molecular complexity index is 663. The second-order valence-electron chi connectivity index (χ2n) is 5.79. The van der Waals surface area contributed by atoms with Crippen molar-refractivity contribution in [3.8, 4) is 17.0 Å². The highest BCUT2D eigenvalue weighted by atomic mass is 32.2. The van der Waals surface area contributed by atoms with Gasteiger partial charge in [0.05, 0.1) is 24.1 Å². The van der Waals surface area contributed by atoms with Crippen LogP contribution in [0.4, 0.5) is 0 Å². The molecule has 1 N–H and O–H groups in total. The molecule has 1 fully saturated rings. The van der Waals surface area contributed by atoms with Crippen molar-refractivity contribution < 1.29 is 9.53 Å². The molecule has 0 bridgehead atoms. The molecular weight excluding hydrogens is 322 g/mol. The van der Waals surface area contributed by atoms with E-state index in [9.17, 15) is 4.79 Å². The minimum absolute atomic E-state index is 0.0577. The number of nitrogens with one attached hydrogen (secondary N) is 1. The number of H-pyrrole nitrogens is 1. The zero-order valence-corrected chi connectivity index (χ0v) is 14.8. The molecule has 6 heteroatoms. The maximum Gasteiger partial charge on any atom is 0.257 e. The smallest absolute Gasteiger partial charge is 0.257 e. The Labute approximate surface area is 146 Å². The zero-order chi connectivity index (χ0) is 16.8. The molecule has 1 aliphatic rings. The molecule has 1 saturated heterocycles. The Morgan fingerprint density at radius 3 is 2.75 bits per heavy atom. The molecule has 0 saturated carbocycles. The first-order valence-electron chi connectivity index (χ1n) is 8.43. The quantitative estimate of drug-likeness (QED) is 0.815. The fourth-order valence-electron chi connectivity index (χ4n) is 2.66. The van der Waals surface area contributed by atoms with Gasteiger partial charge in [-0.3, -0.25) is 9.89 Å². The molecule has 5 nitrogen and oxygen atoms in total. The number of nitrogens with zero attached hydrogens (tertiary/aromatic N) is 2. The monoisotopic (exact) mass is 345 g/mol. The van der Waals surface area contributed by atoms with E-state index in [1.807, 2.05) is 40.9 Å². The molecular formula is C18H23N3O2S. The first kappa shape index (κ1) is 16.9. The molecule has 1 aliphatic heterocycles. The third-order valence-electron chi connectivity index (χ3n) is 4.08. The minimum Gasteiger partial charge on any atom is -0.494 e. The predicted octanol–water partition coefficient (Wildman–Crippen LogP) is 3.44. The highest BCUT2D eigenvalue weighted by Gasteiger charge is 2.22. The number of rotatable bonds is 6. The van der Waals surface area contributed by atoms with Crippen LogP contribution in [0, 0.1) is 0 Å². The molecule has 1 amide bonds. The van der Waals surface area contributed by atoms with Gasteiger partial charge in [0.15, 0.2) is 0 Å². The molecule has 0 unspecified atom stereocenters. The largest absolute Gasteiger partial charge is 0.494 e. The van der Waals surface area contributed by atoms with Crippen LogP contribution in [-0.2, 0) is 0 Å². The van der Waals surface area contributed by atoms with Gasteiger partial charge in [-0.1, -0.05) is 13.3 Å². The fraction of sp³-hybridized carbons (Fsp3) is 0.444. The zero-order valence-electron chi connectivity index (χ0n) is 14.0. The normalized spacial score (nSPS) is 14.6. The van der Waals surface area contributed by atoms with E-state index in [1.165, 1.54) is 0 Å². The average molecular weight is 345 g/mol. The molecule has 3 rings (SSSR count). The van der Waals surface area contributed by atoms with E-state index in [2.05, 4.69) is 17.1 Å². The van der Waals surface area contributed by atoms with E-state index < -0.39 is 0 Å². The van der Waals surface area contributed by atoms with Gasteiger partial charge < -0.3 is 9.64 Å². The lowest BCUT2D eigenvalue weighted by molar-refractivity contribution is 0.0773. The fourth-order valence-corrected chi connectivity index (χ4v) is 3.56. The molecule has 1 aromatic heterocycles. The summed E-state index contributed by atoms with van der Waals surface area (Å²) in [6.07, 6.45) is 3.80. The lowest BCUT2D eigenvalue weighted by Crippen LogP contribution is -2.37. The van der Waals surface area contributed by atoms with Gasteiger partial charge in [0.2, 0.25) is 0 Å². The molecule has 128 valence electrons. The topological polar surface area (TPSA) is 58.2 Å². The Morgan fingerprint density at radius 2 is 2.04 bits per heavy atom. The van der Waals surface area contributed by atoms with Crippen LogP contribution in [0.3, 0.4) is 0 Å². The number of amides is 1. The van der Waals surface area contributed by atoms with Gasteiger partial charge in [-0.15, -0.1) is 0 Å². The highest BCUT2D eigenvalue weighted by molar-refractivity contribution is 7.99. The first-order chi connectivity index (χ1) is 11.8. The Balaban J connectivity index is 1.73. The van der Waals surface area contributed by atoms with Gasteiger partial charge in [-0.2, -0.15) is 16.9 Å². The number of unbranched alkanes of at least 4 members (excludes halogenated alkanes) is 1. The molecule has 0 radical (unpaired) electrons. The molecule has 2 heterocycles. The summed E-state index contributed by atoms with van der Waals surface area (Å²) < 4.78 is 5.69. The van der Waals surface area contributed by atoms with E-state index in [4.69, 9.17) is 4.74 Å². The molecule has 2 aromatic rings. The van der Waals surface area contributed by atoms with Crippen molar-refractivity contribution in [2.75, 3.05) is 31.2 Å². The van der Waals surface area contributed by atoms with E-state index in [1.54, 1.807) is 6.20 Å². The summed E-state index contributed by atoms with van der Waals surface area (Å²) >= 11 is 1.89. The Hall–Kier alpha value is -1.95. The molecule has 24 heavy (non-hydrogen) atoms. The van der Waals surface area contributed by atoms with Gasteiger partial charge in [0, 0.05) is 30.2 Å². The van der Waals surface area contributed by atoms with Crippen LogP contribution in [0.15, 0.2) is 30.5 Å². The highest BCUT2D eigenvalue weighted by Crippen LogP contribution is 2.25. The Kier molecular flexibility index (Phi) is 5.80. The summed E-state index contributed by atoms with van der Waals surface area (Å²) in [5.74, 6) is 2.92. The summed E-state index contributed by atoms with van der Waals surface area (Å²) in [7, 11) is 0. The summed E-state index contributed by atoms with van der Waals surface area (Å²) in [6, 6.07) is 7.82. The summed E-state index contributed by atoms with van der Waals surface area (Å²) in [5.41, 5.74) is 2.37. The van der Waals surface area contributed by atoms with Crippen molar-refractivity contribution in [3.05, 3.63) is 36.0 Å². The number of carbonyl (C=O) groups is 1. The van der Waals surface area contributed by atoms with Gasteiger partial charge in [-0.05, 0) is 30.7 Å². The second-order valence-corrected chi connectivity index (χ2v) is 7.01. The van der Waals surface area contributed by atoms with Crippen LogP contribution in [0.2, 0.25) is 0 Å². The maximum atomic E-state index is 12.7. The third-order valence-corrected chi connectivity index (χ3v) is 5.02. The predicted molar refractivity (Wildman–Crippen MR) is 97.7 cm³/mol. The second kappa shape index (κ2) is 8.24. The lowest BCUT2D eigenvalue weighted by Gasteiger charge is -2.26. The van der Waals surface area contributed by atoms with Gasteiger partial charge in [0.1, 0.15) is 5.75 Å². The van der Waals surface area contributed by atoms with Crippen LogP contribution >= 0.6 is 11.8 Å². The Morgan fingerprint density at radius 1 is 1.29 bits per heavy atom. The van der Waals surface area contributed by atoms with Gasteiger partial charge in [0.25, 0.3) is 5.91 Å². The van der Waals surface area contributed by atoms with Crippen molar-refractivity contribution >= 4 is 17.7 Å². The van der Waals surface area contributed by atoms with Crippen LogP contribution in [0.5, 0.6) is 5.75 Å². The van der Waals surface area contributed by atoms with Crippen LogP contribution < -0.4 is 4.74 Å². The van der Waals surface area contributed by atoms with Crippen LogP contribution in [0.1, 0.15) is 30.1 Å². The van der Waals surface area contributed by atoms with E-state index in [0.717, 1.165) is 61.1 Å². The van der Waals surface area contributed by atoms with E-state index >= 15 is 0 Å². The summed E-state index contributed by atoms with van der Waals surface area (Å²) in [6.45, 7) is 4.48. The maximum absolute atomic E-state index is 12.7. The summed E-state index contributed by atoms with van der Waals surface area (Å²) in [5, 5.41) is 7.06. The number of aromatic nitrogens is 2. The number of benzene rings is 1.